The highest BCUT2D eigenvalue weighted by Gasteiger charge is 2.24. The number of tetrazole rings is 1. The van der Waals surface area contributed by atoms with Crippen molar-refractivity contribution >= 4 is 5.97 Å². The molecule has 1 aliphatic rings. The lowest BCUT2D eigenvalue weighted by molar-refractivity contribution is -0.143. The Morgan fingerprint density at radius 3 is 2.85 bits per heavy atom. The zero-order valence-corrected chi connectivity index (χ0v) is 18.3. The Balaban J connectivity index is 1.30. The molecule has 0 spiro atoms. The van der Waals surface area contributed by atoms with E-state index in [2.05, 4.69) is 32.2 Å². The van der Waals surface area contributed by atoms with Gasteiger partial charge in [0.25, 0.3) is 0 Å². The second-order valence-electron chi connectivity index (χ2n) is 8.23. The maximum atomic E-state index is 13.0. The molecule has 1 fully saturated rings. The molecular weight excluding hydrogens is 421 g/mol. The third-order valence-corrected chi connectivity index (χ3v) is 5.70. The molecule has 0 radical (unpaired) electrons. The first-order chi connectivity index (χ1) is 16.1. The van der Waals surface area contributed by atoms with Crippen LogP contribution in [0.2, 0.25) is 0 Å². The minimum Gasteiger partial charge on any atom is -0.481 e. The number of hydrogen-bond donors (Lipinski definition) is 1. The Kier molecular flexibility index (Phi) is 7.43. The molecule has 1 atom stereocenters. The smallest absolute Gasteiger partial charge is 0.307 e. The van der Waals surface area contributed by atoms with Gasteiger partial charge >= 0.3 is 5.97 Å². The number of benzene rings is 2. The van der Waals surface area contributed by atoms with Gasteiger partial charge in [0.05, 0.1) is 12.5 Å². The van der Waals surface area contributed by atoms with Crippen LogP contribution >= 0.6 is 0 Å². The van der Waals surface area contributed by atoms with E-state index in [1.54, 1.807) is 16.9 Å². The van der Waals surface area contributed by atoms with Crippen molar-refractivity contribution < 1.29 is 14.3 Å². The van der Waals surface area contributed by atoms with Crippen molar-refractivity contribution in [2.24, 2.45) is 5.92 Å². The van der Waals surface area contributed by atoms with Crippen LogP contribution in [0.3, 0.4) is 0 Å². The van der Waals surface area contributed by atoms with Crippen molar-refractivity contribution in [1.82, 2.24) is 25.1 Å². The largest absolute Gasteiger partial charge is 0.481 e. The molecule has 1 saturated heterocycles. The summed E-state index contributed by atoms with van der Waals surface area (Å²) in [5.41, 5.74) is 2.66. The van der Waals surface area contributed by atoms with E-state index >= 15 is 0 Å². The monoisotopic (exact) mass is 447 g/mol. The van der Waals surface area contributed by atoms with Gasteiger partial charge in [-0.05, 0) is 67.4 Å². The van der Waals surface area contributed by atoms with E-state index in [0.717, 1.165) is 49.0 Å². The van der Waals surface area contributed by atoms with Gasteiger partial charge in [0.2, 0.25) is 5.82 Å². The number of aromatic nitrogens is 4. The zero-order valence-electron chi connectivity index (χ0n) is 18.3. The summed E-state index contributed by atoms with van der Waals surface area (Å²) in [7, 11) is 0. The Morgan fingerprint density at radius 1 is 1.18 bits per heavy atom. The molecule has 2 heterocycles. The normalized spacial score (nSPS) is 16.2. The van der Waals surface area contributed by atoms with Gasteiger partial charge in [-0.1, -0.05) is 36.1 Å². The molecule has 0 bridgehead atoms. The number of carboxylic acids is 1. The fourth-order valence-electron chi connectivity index (χ4n) is 3.94. The average molecular weight is 448 g/mol. The van der Waals surface area contributed by atoms with Gasteiger partial charge < -0.3 is 10.0 Å². The number of carbonyl (C=O) groups is 1. The Hall–Kier alpha value is -3.57. The van der Waals surface area contributed by atoms with Gasteiger partial charge in [-0.25, -0.2) is 4.39 Å². The van der Waals surface area contributed by atoms with Crippen LogP contribution in [-0.2, 0) is 17.8 Å². The first kappa shape index (κ1) is 22.6. The lowest BCUT2D eigenvalue weighted by Gasteiger charge is -2.30. The van der Waals surface area contributed by atoms with E-state index in [1.807, 2.05) is 24.3 Å². The lowest BCUT2D eigenvalue weighted by Crippen LogP contribution is -2.39. The van der Waals surface area contributed by atoms with Crippen LogP contribution < -0.4 is 0 Å². The highest BCUT2D eigenvalue weighted by atomic mass is 19.1. The number of likely N-dealkylation sites (tertiary alicyclic amines) is 1. The van der Waals surface area contributed by atoms with E-state index in [0.29, 0.717) is 25.3 Å². The van der Waals surface area contributed by atoms with E-state index in [-0.39, 0.29) is 11.7 Å². The quantitative estimate of drug-likeness (QED) is 0.560. The predicted molar refractivity (Wildman–Crippen MR) is 122 cm³/mol. The molecule has 2 aromatic carbocycles. The summed E-state index contributed by atoms with van der Waals surface area (Å²) < 4.78 is 13.0. The van der Waals surface area contributed by atoms with Crippen LogP contribution in [0, 0.1) is 23.6 Å². The number of piperidine rings is 1. The number of nitrogens with zero attached hydrogens (tertiary/aromatic N) is 5. The van der Waals surface area contributed by atoms with E-state index in [1.165, 1.54) is 12.1 Å². The molecule has 1 N–H and O–H groups in total. The summed E-state index contributed by atoms with van der Waals surface area (Å²) in [5, 5.41) is 22.0. The molecule has 0 saturated carbocycles. The number of aliphatic carboxylic acids is 1. The van der Waals surface area contributed by atoms with E-state index < -0.39 is 5.97 Å². The van der Waals surface area contributed by atoms with Crippen LogP contribution in [0.1, 0.15) is 30.4 Å². The summed E-state index contributed by atoms with van der Waals surface area (Å²) in [6, 6.07) is 14.0. The Labute approximate surface area is 192 Å². The molecule has 0 aliphatic carbocycles. The molecule has 7 nitrogen and oxygen atoms in total. The van der Waals surface area contributed by atoms with Crippen LogP contribution in [0.4, 0.5) is 4.39 Å². The lowest BCUT2D eigenvalue weighted by atomic mass is 9.98. The highest BCUT2D eigenvalue weighted by molar-refractivity contribution is 5.70. The van der Waals surface area contributed by atoms with Gasteiger partial charge in [-0.2, -0.15) is 4.80 Å². The molecule has 4 rings (SSSR count). The topological polar surface area (TPSA) is 84.1 Å². The van der Waals surface area contributed by atoms with Crippen LogP contribution in [-0.4, -0.2) is 55.8 Å². The molecular formula is C25H26FN5O2. The van der Waals surface area contributed by atoms with Gasteiger partial charge in [0.15, 0.2) is 0 Å². The van der Waals surface area contributed by atoms with Crippen molar-refractivity contribution in [2.75, 3.05) is 19.6 Å². The summed E-state index contributed by atoms with van der Waals surface area (Å²) in [6.45, 7) is 2.99. The first-order valence-electron chi connectivity index (χ1n) is 11.1. The summed E-state index contributed by atoms with van der Waals surface area (Å²) in [4.78, 5) is 15.0. The highest BCUT2D eigenvalue weighted by Crippen LogP contribution is 2.17. The zero-order chi connectivity index (χ0) is 23.0. The van der Waals surface area contributed by atoms with Crippen molar-refractivity contribution in [3.8, 4) is 23.2 Å². The van der Waals surface area contributed by atoms with E-state index in [9.17, 15) is 14.3 Å². The minimum atomic E-state index is -0.704. The number of hydrogen-bond acceptors (Lipinski definition) is 5. The molecule has 1 aliphatic heterocycles. The van der Waals surface area contributed by atoms with Gasteiger partial charge in [0.1, 0.15) is 5.82 Å². The predicted octanol–water partition coefficient (Wildman–Crippen LogP) is 3.26. The standard InChI is InChI=1S/C25H26FN5O2/c26-23-12-10-19(11-13-23)5-1-6-20-7-2-8-21(17-20)24-27-29-31(28-24)16-4-15-30-14-3-9-22(18-30)25(32)33/h2,7-8,10-13,17,22H,3-5,9,14-16,18H2,(H,32,33). The summed E-state index contributed by atoms with van der Waals surface area (Å²) >= 11 is 0. The van der Waals surface area contributed by atoms with Crippen LogP contribution in [0.5, 0.6) is 0 Å². The number of carboxylic acid groups (broad SMARTS) is 1. The second-order valence-corrected chi connectivity index (χ2v) is 8.23. The van der Waals surface area contributed by atoms with Gasteiger partial charge in [-0.15, -0.1) is 10.2 Å². The molecule has 170 valence electrons. The number of rotatable bonds is 7. The average Bonchev–Trinajstić information content (AvgIpc) is 3.30. The fraction of sp³-hybridized carbons (Fsp3) is 0.360. The Morgan fingerprint density at radius 2 is 2.03 bits per heavy atom. The van der Waals surface area contributed by atoms with Crippen molar-refractivity contribution in [2.45, 2.75) is 32.2 Å². The summed E-state index contributed by atoms with van der Waals surface area (Å²) in [6.07, 6.45) is 3.06. The molecule has 3 aromatic rings. The maximum Gasteiger partial charge on any atom is 0.307 e. The Bertz CT molecular complexity index is 1150. The third-order valence-electron chi connectivity index (χ3n) is 5.70. The molecule has 33 heavy (non-hydrogen) atoms. The number of aryl methyl sites for hydroxylation is 1. The SMILES string of the molecule is O=C(O)C1CCCN(CCCn2nnc(-c3cccc(C#CCc4ccc(F)cc4)c3)n2)C1. The van der Waals surface area contributed by atoms with E-state index in [4.69, 9.17) is 0 Å². The number of halogens is 1. The van der Waals surface area contributed by atoms with Crippen LogP contribution in [0.25, 0.3) is 11.4 Å². The first-order valence-corrected chi connectivity index (χ1v) is 11.1. The van der Waals surface area contributed by atoms with Crippen molar-refractivity contribution in [3.05, 3.63) is 65.5 Å². The minimum absolute atomic E-state index is 0.252. The molecule has 1 aromatic heterocycles. The summed E-state index contributed by atoms with van der Waals surface area (Å²) in [5.74, 6) is 5.57. The van der Waals surface area contributed by atoms with Crippen LogP contribution in [0.15, 0.2) is 48.5 Å². The molecule has 1 unspecified atom stereocenters. The molecule has 8 heteroatoms. The van der Waals surface area contributed by atoms with Gasteiger partial charge in [0, 0.05) is 24.1 Å². The van der Waals surface area contributed by atoms with Gasteiger partial charge in [-0.3, -0.25) is 4.79 Å². The molecule has 0 amide bonds. The third kappa shape index (κ3) is 6.46. The maximum absolute atomic E-state index is 13.0. The second kappa shape index (κ2) is 10.8. The van der Waals surface area contributed by atoms with Crippen molar-refractivity contribution in [1.29, 1.82) is 0 Å². The fourth-order valence-corrected chi connectivity index (χ4v) is 3.94. The van der Waals surface area contributed by atoms with Crippen molar-refractivity contribution in [3.63, 3.8) is 0 Å².